The van der Waals surface area contributed by atoms with Crippen molar-refractivity contribution in [1.29, 1.82) is 0 Å². The summed E-state index contributed by atoms with van der Waals surface area (Å²) >= 11 is 0. The van der Waals surface area contributed by atoms with Gasteiger partial charge in [0.25, 0.3) is 5.56 Å². The van der Waals surface area contributed by atoms with Crippen LogP contribution in [-0.4, -0.2) is 52.6 Å². The Kier molecular flexibility index (Phi) is 5.29. The van der Waals surface area contributed by atoms with Gasteiger partial charge in [-0.1, -0.05) is 6.92 Å². The normalized spacial score (nSPS) is 18.1. The zero-order valence-electron chi connectivity index (χ0n) is 15.3. The second-order valence-electron chi connectivity index (χ2n) is 6.85. The summed E-state index contributed by atoms with van der Waals surface area (Å²) in [6.07, 6.45) is 5.18. The number of nitrogens with zero attached hydrogens (tertiary/aromatic N) is 4. The predicted octanol–water partition coefficient (Wildman–Crippen LogP) is 1.60. The first kappa shape index (κ1) is 18.8. The van der Waals surface area contributed by atoms with Crippen LogP contribution in [0.5, 0.6) is 0 Å². The SMILES string of the molecule is CCC(C)n1c(=O)ccc2cnc(NC3CCN(S(C)(=O)=O)CC3)nc21. The number of anilines is 1. The summed E-state index contributed by atoms with van der Waals surface area (Å²) in [4.78, 5) is 21.2. The van der Waals surface area contributed by atoms with Crippen molar-refractivity contribution in [2.24, 2.45) is 0 Å². The maximum absolute atomic E-state index is 12.3. The van der Waals surface area contributed by atoms with E-state index in [0.29, 0.717) is 37.5 Å². The highest BCUT2D eigenvalue weighted by Gasteiger charge is 2.25. The monoisotopic (exact) mass is 379 g/mol. The number of hydrogen-bond donors (Lipinski definition) is 1. The fourth-order valence-electron chi connectivity index (χ4n) is 3.23. The number of hydrogen-bond acceptors (Lipinski definition) is 6. The quantitative estimate of drug-likeness (QED) is 0.847. The van der Waals surface area contributed by atoms with E-state index in [9.17, 15) is 13.2 Å². The fraction of sp³-hybridized carbons (Fsp3) is 0.588. The van der Waals surface area contributed by atoms with Gasteiger partial charge in [0.15, 0.2) is 0 Å². The van der Waals surface area contributed by atoms with Gasteiger partial charge in [-0.2, -0.15) is 4.98 Å². The smallest absolute Gasteiger partial charge is 0.252 e. The first-order valence-electron chi connectivity index (χ1n) is 8.89. The average Bonchev–Trinajstić information content (AvgIpc) is 2.60. The van der Waals surface area contributed by atoms with Crippen LogP contribution in [-0.2, 0) is 10.0 Å². The van der Waals surface area contributed by atoms with Crippen LogP contribution in [0.15, 0.2) is 23.1 Å². The van der Waals surface area contributed by atoms with Gasteiger partial charge in [0.2, 0.25) is 16.0 Å². The number of pyridine rings is 1. The van der Waals surface area contributed by atoms with Crippen LogP contribution >= 0.6 is 0 Å². The van der Waals surface area contributed by atoms with Gasteiger partial charge in [-0.15, -0.1) is 0 Å². The summed E-state index contributed by atoms with van der Waals surface area (Å²) in [5, 5.41) is 4.11. The van der Waals surface area contributed by atoms with Gasteiger partial charge in [0, 0.05) is 42.8 Å². The Morgan fingerprint density at radius 1 is 1.31 bits per heavy atom. The number of nitrogens with one attached hydrogen (secondary N) is 1. The first-order valence-corrected chi connectivity index (χ1v) is 10.7. The minimum Gasteiger partial charge on any atom is -0.351 e. The molecule has 1 aliphatic heterocycles. The minimum absolute atomic E-state index is 0.0481. The molecular formula is C17H25N5O3S. The molecule has 1 saturated heterocycles. The number of rotatable bonds is 5. The van der Waals surface area contributed by atoms with E-state index in [1.807, 2.05) is 13.8 Å². The lowest BCUT2D eigenvalue weighted by Crippen LogP contribution is -2.42. The molecule has 142 valence electrons. The Labute approximate surface area is 153 Å². The van der Waals surface area contributed by atoms with Crippen molar-refractivity contribution in [2.45, 2.75) is 45.2 Å². The van der Waals surface area contributed by atoms with Crippen LogP contribution in [0.2, 0.25) is 0 Å². The zero-order valence-corrected chi connectivity index (χ0v) is 16.2. The highest BCUT2D eigenvalue weighted by molar-refractivity contribution is 7.88. The topological polar surface area (TPSA) is 97.2 Å². The summed E-state index contributed by atoms with van der Waals surface area (Å²) in [6.45, 7) is 5.01. The molecule has 2 aromatic rings. The lowest BCUT2D eigenvalue weighted by Gasteiger charge is -2.30. The Hall–Kier alpha value is -2.00. The van der Waals surface area contributed by atoms with Gasteiger partial charge in [0.05, 0.1) is 6.26 Å². The van der Waals surface area contributed by atoms with Crippen molar-refractivity contribution in [1.82, 2.24) is 18.8 Å². The molecular weight excluding hydrogens is 354 g/mol. The lowest BCUT2D eigenvalue weighted by molar-refractivity contribution is 0.331. The van der Waals surface area contributed by atoms with Gasteiger partial charge < -0.3 is 5.32 Å². The second-order valence-corrected chi connectivity index (χ2v) is 8.83. The van der Waals surface area contributed by atoms with Gasteiger partial charge >= 0.3 is 0 Å². The molecule has 2 aromatic heterocycles. The highest BCUT2D eigenvalue weighted by Crippen LogP contribution is 2.19. The Balaban J connectivity index is 1.83. The maximum atomic E-state index is 12.3. The molecule has 0 saturated carbocycles. The molecule has 8 nitrogen and oxygen atoms in total. The standard InChI is InChI=1S/C17H25N5O3S/c1-4-12(2)22-15(23)6-5-13-11-18-17(20-16(13)22)19-14-7-9-21(10-8-14)26(3,24)25/h5-6,11-12,14H,4,7-10H2,1-3H3,(H,18,19,20). The van der Waals surface area contributed by atoms with Gasteiger partial charge in [0.1, 0.15) is 5.65 Å². The average molecular weight is 379 g/mol. The van der Waals surface area contributed by atoms with Crippen molar-refractivity contribution in [3.63, 3.8) is 0 Å². The highest BCUT2D eigenvalue weighted by atomic mass is 32.2. The van der Waals surface area contributed by atoms with Crippen LogP contribution < -0.4 is 10.9 Å². The van der Waals surface area contributed by atoms with Crippen LogP contribution in [0.25, 0.3) is 11.0 Å². The zero-order chi connectivity index (χ0) is 18.9. The first-order chi connectivity index (χ1) is 12.3. The third-order valence-corrected chi connectivity index (χ3v) is 6.26. The maximum Gasteiger partial charge on any atom is 0.252 e. The molecule has 26 heavy (non-hydrogen) atoms. The molecule has 0 aliphatic carbocycles. The molecule has 3 rings (SSSR count). The number of piperidine rings is 1. The molecule has 1 atom stereocenters. The van der Waals surface area contributed by atoms with Crippen molar-refractivity contribution in [3.8, 4) is 0 Å². The Morgan fingerprint density at radius 3 is 2.62 bits per heavy atom. The molecule has 0 amide bonds. The molecule has 0 aromatic carbocycles. The number of aromatic nitrogens is 3. The molecule has 1 fully saturated rings. The number of fused-ring (bicyclic) bond motifs is 1. The van der Waals surface area contributed by atoms with E-state index in [4.69, 9.17) is 0 Å². The summed E-state index contributed by atoms with van der Waals surface area (Å²) in [6, 6.07) is 3.45. The van der Waals surface area contributed by atoms with Crippen molar-refractivity contribution in [2.75, 3.05) is 24.7 Å². The second kappa shape index (κ2) is 7.32. The lowest BCUT2D eigenvalue weighted by atomic mass is 10.1. The van der Waals surface area contributed by atoms with E-state index in [0.717, 1.165) is 11.8 Å². The van der Waals surface area contributed by atoms with E-state index in [-0.39, 0.29) is 17.6 Å². The summed E-state index contributed by atoms with van der Waals surface area (Å²) < 4.78 is 26.4. The largest absolute Gasteiger partial charge is 0.351 e. The van der Waals surface area contributed by atoms with E-state index < -0.39 is 10.0 Å². The number of sulfonamides is 1. The molecule has 1 N–H and O–H groups in total. The summed E-state index contributed by atoms with van der Waals surface area (Å²) in [5.41, 5.74) is 0.552. The molecule has 0 bridgehead atoms. The van der Waals surface area contributed by atoms with Crippen molar-refractivity contribution in [3.05, 3.63) is 28.7 Å². The van der Waals surface area contributed by atoms with Crippen molar-refractivity contribution < 1.29 is 8.42 Å². The van der Waals surface area contributed by atoms with Gasteiger partial charge in [-0.25, -0.2) is 17.7 Å². The van der Waals surface area contributed by atoms with Crippen molar-refractivity contribution >= 4 is 27.0 Å². The van der Waals surface area contributed by atoms with Crippen LogP contribution in [0.4, 0.5) is 5.95 Å². The molecule has 3 heterocycles. The molecule has 9 heteroatoms. The van der Waals surface area contributed by atoms with E-state index in [1.165, 1.54) is 10.6 Å². The van der Waals surface area contributed by atoms with E-state index in [2.05, 4.69) is 15.3 Å². The molecule has 1 unspecified atom stereocenters. The van der Waals surface area contributed by atoms with E-state index in [1.54, 1.807) is 22.9 Å². The third-order valence-electron chi connectivity index (χ3n) is 4.95. The van der Waals surface area contributed by atoms with Crippen LogP contribution in [0, 0.1) is 0 Å². The van der Waals surface area contributed by atoms with Crippen LogP contribution in [0.3, 0.4) is 0 Å². The molecule has 1 aliphatic rings. The van der Waals surface area contributed by atoms with Crippen LogP contribution in [0.1, 0.15) is 39.2 Å². The van der Waals surface area contributed by atoms with Gasteiger partial charge in [-0.3, -0.25) is 9.36 Å². The summed E-state index contributed by atoms with van der Waals surface area (Å²) in [5.74, 6) is 0.470. The van der Waals surface area contributed by atoms with E-state index >= 15 is 0 Å². The minimum atomic E-state index is -3.14. The Morgan fingerprint density at radius 2 is 2.00 bits per heavy atom. The third kappa shape index (κ3) is 3.88. The van der Waals surface area contributed by atoms with Gasteiger partial charge in [-0.05, 0) is 32.3 Å². The molecule has 0 radical (unpaired) electrons. The Bertz CT molecular complexity index is 949. The summed E-state index contributed by atoms with van der Waals surface area (Å²) in [7, 11) is -3.14. The predicted molar refractivity (Wildman–Crippen MR) is 102 cm³/mol. The molecule has 0 spiro atoms. The fourth-order valence-corrected chi connectivity index (χ4v) is 4.10.